The largest absolute Gasteiger partial charge is 0.312 e. The van der Waals surface area contributed by atoms with Crippen LogP contribution in [0.15, 0.2) is 36.7 Å². The highest BCUT2D eigenvalue weighted by atomic mass is 127. The van der Waals surface area contributed by atoms with E-state index in [2.05, 4.69) is 38.6 Å². The maximum absolute atomic E-state index is 9.04. The van der Waals surface area contributed by atoms with Gasteiger partial charge in [0.25, 0.3) is 0 Å². The average Bonchev–Trinajstić information content (AvgIpc) is 2.39. The summed E-state index contributed by atoms with van der Waals surface area (Å²) in [6.07, 6.45) is 3.49. The van der Waals surface area contributed by atoms with Crippen LogP contribution in [0.3, 0.4) is 0 Å². The molecule has 0 atom stereocenters. The Bertz CT molecular complexity index is 559. The Morgan fingerprint density at radius 3 is 2.53 bits per heavy atom. The van der Waals surface area contributed by atoms with E-state index in [1.54, 1.807) is 23.4 Å². The molecule has 84 valence electrons. The second-order valence-corrected chi connectivity index (χ2v) is 4.63. The summed E-state index contributed by atoms with van der Waals surface area (Å²) in [5.41, 5.74) is 1.41. The molecule has 0 fully saturated rings. The fraction of sp³-hybridized carbons (Fsp3) is 0.0833. The van der Waals surface area contributed by atoms with E-state index in [1.807, 2.05) is 25.2 Å². The second kappa shape index (κ2) is 5.10. The molecule has 4 nitrogen and oxygen atoms in total. The van der Waals surface area contributed by atoms with Gasteiger partial charge < -0.3 is 4.90 Å². The molecule has 1 aromatic heterocycles. The normalized spacial score (nSPS) is 9.71. The van der Waals surface area contributed by atoms with Crippen LogP contribution < -0.4 is 4.90 Å². The molecule has 0 unspecified atom stereocenters. The quantitative estimate of drug-likeness (QED) is 0.792. The zero-order valence-corrected chi connectivity index (χ0v) is 11.3. The molecule has 17 heavy (non-hydrogen) atoms. The molecule has 0 N–H and O–H groups in total. The van der Waals surface area contributed by atoms with Crippen LogP contribution in [0.2, 0.25) is 0 Å². The van der Waals surface area contributed by atoms with Crippen molar-refractivity contribution in [2.75, 3.05) is 11.9 Å². The summed E-state index contributed by atoms with van der Waals surface area (Å²) < 4.78 is 0.980. The lowest BCUT2D eigenvalue weighted by Gasteiger charge is -2.17. The Kier molecular flexibility index (Phi) is 3.54. The van der Waals surface area contributed by atoms with Crippen LogP contribution in [0.25, 0.3) is 0 Å². The van der Waals surface area contributed by atoms with Crippen molar-refractivity contribution in [3.63, 3.8) is 0 Å². The smallest absolute Gasteiger partial charge is 0.229 e. The number of benzene rings is 1. The highest BCUT2D eigenvalue weighted by molar-refractivity contribution is 14.1. The number of anilines is 2. The SMILES string of the molecule is CN(c1ncc(I)cn1)c1ccccc1C#N. The summed E-state index contributed by atoms with van der Waals surface area (Å²) in [5, 5.41) is 9.04. The number of nitrogens with zero attached hydrogens (tertiary/aromatic N) is 4. The van der Waals surface area contributed by atoms with Crippen molar-refractivity contribution in [2.45, 2.75) is 0 Å². The first-order valence-corrected chi connectivity index (χ1v) is 6.00. The highest BCUT2D eigenvalue weighted by Crippen LogP contribution is 2.23. The topological polar surface area (TPSA) is 52.8 Å². The monoisotopic (exact) mass is 336 g/mol. The lowest BCUT2D eigenvalue weighted by Crippen LogP contribution is -2.14. The maximum atomic E-state index is 9.04. The molecule has 0 aliphatic rings. The predicted octanol–water partition coefficient (Wildman–Crippen LogP) is 2.72. The van der Waals surface area contributed by atoms with Gasteiger partial charge in [-0.15, -0.1) is 0 Å². The molecule has 2 aromatic rings. The van der Waals surface area contributed by atoms with Gasteiger partial charge in [-0.05, 0) is 34.7 Å². The number of hydrogen-bond acceptors (Lipinski definition) is 4. The minimum atomic E-state index is 0.577. The van der Waals surface area contributed by atoms with E-state index in [4.69, 9.17) is 5.26 Å². The van der Waals surface area contributed by atoms with Gasteiger partial charge in [-0.1, -0.05) is 12.1 Å². The van der Waals surface area contributed by atoms with Crippen LogP contribution in [-0.4, -0.2) is 17.0 Å². The molecular weight excluding hydrogens is 327 g/mol. The van der Waals surface area contributed by atoms with E-state index >= 15 is 0 Å². The van der Waals surface area contributed by atoms with Gasteiger partial charge in [-0.2, -0.15) is 5.26 Å². The van der Waals surface area contributed by atoms with Crippen molar-refractivity contribution < 1.29 is 0 Å². The molecule has 0 spiro atoms. The number of rotatable bonds is 2. The zero-order chi connectivity index (χ0) is 12.3. The standard InChI is InChI=1S/C12H9IN4/c1-17(12-15-7-10(13)8-16-12)11-5-3-2-4-9(11)6-14/h2-5,7-8H,1H3. The zero-order valence-electron chi connectivity index (χ0n) is 9.13. The minimum absolute atomic E-state index is 0.577. The van der Waals surface area contributed by atoms with E-state index in [-0.39, 0.29) is 0 Å². The van der Waals surface area contributed by atoms with Gasteiger partial charge >= 0.3 is 0 Å². The summed E-state index contributed by atoms with van der Waals surface area (Å²) in [7, 11) is 1.85. The Morgan fingerprint density at radius 2 is 1.88 bits per heavy atom. The van der Waals surface area contributed by atoms with Crippen LogP contribution in [0.5, 0.6) is 0 Å². The molecule has 0 aliphatic heterocycles. The van der Waals surface area contributed by atoms with Crippen LogP contribution in [0.4, 0.5) is 11.6 Å². The van der Waals surface area contributed by atoms with E-state index in [0.29, 0.717) is 11.5 Å². The number of halogens is 1. The Balaban J connectivity index is 2.40. The van der Waals surface area contributed by atoms with Crippen molar-refractivity contribution in [2.24, 2.45) is 0 Å². The number of aromatic nitrogens is 2. The van der Waals surface area contributed by atoms with Crippen LogP contribution in [-0.2, 0) is 0 Å². The van der Waals surface area contributed by atoms with Gasteiger partial charge in [0.1, 0.15) is 6.07 Å². The fourth-order valence-corrected chi connectivity index (χ4v) is 1.73. The first-order valence-electron chi connectivity index (χ1n) is 4.93. The Hall–Kier alpha value is -1.68. The molecule has 0 saturated carbocycles. The van der Waals surface area contributed by atoms with Gasteiger partial charge in [0, 0.05) is 23.0 Å². The van der Waals surface area contributed by atoms with Gasteiger partial charge in [0.15, 0.2) is 0 Å². The maximum Gasteiger partial charge on any atom is 0.229 e. The molecule has 0 radical (unpaired) electrons. The first kappa shape index (κ1) is 11.8. The van der Waals surface area contributed by atoms with E-state index in [0.717, 1.165) is 9.26 Å². The lowest BCUT2D eigenvalue weighted by atomic mass is 10.2. The fourth-order valence-electron chi connectivity index (χ4n) is 1.45. The molecule has 0 aliphatic carbocycles. The van der Waals surface area contributed by atoms with E-state index in [1.165, 1.54) is 0 Å². The summed E-state index contributed by atoms with van der Waals surface area (Å²) in [4.78, 5) is 10.3. The van der Waals surface area contributed by atoms with Crippen molar-refractivity contribution in [3.05, 3.63) is 45.8 Å². The lowest BCUT2D eigenvalue weighted by molar-refractivity contribution is 1.03. The van der Waals surface area contributed by atoms with Crippen molar-refractivity contribution in [1.29, 1.82) is 5.26 Å². The second-order valence-electron chi connectivity index (χ2n) is 3.39. The third-order valence-electron chi connectivity index (χ3n) is 2.29. The summed E-state index contributed by atoms with van der Waals surface area (Å²) in [5.74, 6) is 0.577. The summed E-state index contributed by atoms with van der Waals surface area (Å²) in [6, 6.07) is 9.54. The van der Waals surface area contributed by atoms with E-state index in [9.17, 15) is 0 Å². The molecule has 0 amide bonds. The molecule has 0 bridgehead atoms. The molecule has 0 saturated heterocycles. The number of para-hydroxylation sites is 1. The Morgan fingerprint density at radius 1 is 1.24 bits per heavy atom. The third-order valence-corrected chi connectivity index (χ3v) is 2.85. The van der Waals surface area contributed by atoms with Crippen LogP contribution in [0, 0.1) is 14.9 Å². The molecule has 1 heterocycles. The van der Waals surface area contributed by atoms with Crippen molar-refractivity contribution >= 4 is 34.2 Å². The number of nitriles is 1. The van der Waals surface area contributed by atoms with Crippen LogP contribution >= 0.6 is 22.6 Å². The Labute approximate surface area is 113 Å². The first-order chi connectivity index (χ1) is 8.22. The summed E-state index contributed by atoms with van der Waals surface area (Å²) >= 11 is 2.15. The molecule has 2 rings (SSSR count). The minimum Gasteiger partial charge on any atom is -0.312 e. The third kappa shape index (κ3) is 2.53. The van der Waals surface area contributed by atoms with Crippen molar-refractivity contribution in [3.8, 4) is 6.07 Å². The van der Waals surface area contributed by atoms with Gasteiger partial charge in [0.2, 0.25) is 5.95 Å². The van der Waals surface area contributed by atoms with Gasteiger partial charge in [-0.25, -0.2) is 9.97 Å². The van der Waals surface area contributed by atoms with Gasteiger partial charge in [0.05, 0.1) is 11.3 Å². The highest BCUT2D eigenvalue weighted by Gasteiger charge is 2.10. The molecule has 1 aromatic carbocycles. The van der Waals surface area contributed by atoms with Gasteiger partial charge in [-0.3, -0.25) is 0 Å². The van der Waals surface area contributed by atoms with Crippen molar-refractivity contribution in [1.82, 2.24) is 9.97 Å². The van der Waals surface area contributed by atoms with E-state index < -0.39 is 0 Å². The number of hydrogen-bond donors (Lipinski definition) is 0. The van der Waals surface area contributed by atoms with Crippen LogP contribution in [0.1, 0.15) is 5.56 Å². The average molecular weight is 336 g/mol. The molecular formula is C12H9IN4. The predicted molar refractivity (Wildman–Crippen MR) is 74.0 cm³/mol. The molecule has 5 heteroatoms. The summed E-state index contributed by atoms with van der Waals surface area (Å²) in [6.45, 7) is 0.